The highest BCUT2D eigenvalue weighted by molar-refractivity contribution is 8.00. The Morgan fingerprint density at radius 2 is 2.08 bits per heavy atom. The average Bonchev–Trinajstić information content (AvgIpc) is 3.08. The first kappa shape index (κ1) is 17.2. The molecule has 7 nitrogen and oxygen atoms in total. The van der Waals surface area contributed by atoms with Crippen molar-refractivity contribution in [1.82, 2.24) is 10.2 Å². The van der Waals surface area contributed by atoms with Gasteiger partial charge in [-0.3, -0.25) is 10.1 Å². The van der Waals surface area contributed by atoms with Crippen LogP contribution in [0.3, 0.4) is 0 Å². The number of hydrogen-bond donors (Lipinski definition) is 1. The Bertz CT molecular complexity index is 885. The normalized spacial score (nSPS) is 10.4. The molecule has 1 heterocycles. The van der Waals surface area contributed by atoms with Crippen LogP contribution in [0, 0.1) is 10.1 Å². The molecule has 0 aliphatic heterocycles. The van der Waals surface area contributed by atoms with Gasteiger partial charge >= 0.3 is 0 Å². The molecule has 0 radical (unpaired) electrons. The van der Waals surface area contributed by atoms with Gasteiger partial charge in [0.2, 0.25) is 5.13 Å². The number of rotatable bonds is 7. The summed E-state index contributed by atoms with van der Waals surface area (Å²) in [5, 5.41) is 22.9. The number of thioether (sulfide) groups is 1. The van der Waals surface area contributed by atoms with E-state index in [4.69, 9.17) is 4.74 Å². The second-order valence-electron chi connectivity index (χ2n) is 4.91. The highest BCUT2D eigenvalue weighted by Crippen LogP contribution is 2.32. The zero-order valence-electron chi connectivity index (χ0n) is 13.2. The number of para-hydroxylation sites is 2. The first-order valence-corrected chi connectivity index (χ1v) is 9.05. The number of anilines is 2. The van der Waals surface area contributed by atoms with Crippen molar-refractivity contribution in [3.63, 3.8) is 0 Å². The summed E-state index contributed by atoms with van der Waals surface area (Å²) in [4.78, 5) is 10.4. The Kier molecular flexibility index (Phi) is 5.46. The van der Waals surface area contributed by atoms with E-state index >= 15 is 0 Å². The minimum atomic E-state index is -0.394. The van der Waals surface area contributed by atoms with E-state index in [0.717, 1.165) is 21.3 Å². The van der Waals surface area contributed by atoms with Crippen LogP contribution in [-0.4, -0.2) is 22.2 Å². The molecule has 1 aromatic heterocycles. The quantitative estimate of drug-likeness (QED) is 0.370. The molecule has 0 spiro atoms. The van der Waals surface area contributed by atoms with Gasteiger partial charge in [-0.15, -0.1) is 10.2 Å². The summed E-state index contributed by atoms with van der Waals surface area (Å²) >= 11 is 2.90. The largest absolute Gasteiger partial charge is 0.495 e. The second kappa shape index (κ2) is 7.95. The van der Waals surface area contributed by atoms with Crippen molar-refractivity contribution < 1.29 is 9.66 Å². The Morgan fingerprint density at radius 1 is 1.24 bits per heavy atom. The van der Waals surface area contributed by atoms with Crippen LogP contribution in [0.4, 0.5) is 16.5 Å². The van der Waals surface area contributed by atoms with Gasteiger partial charge in [0.1, 0.15) is 5.75 Å². The molecule has 0 saturated heterocycles. The number of ether oxygens (including phenoxy) is 1. The van der Waals surface area contributed by atoms with E-state index in [1.807, 2.05) is 30.3 Å². The smallest absolute Gasteiger partial charge is 0.269 e. The molecule has 0 aliphatic carbocycles. The van der Waals surface area contributed by atoms with E-state index in [2.05, 4.69) is 15.5 Å². The molecule has 2 aromatic carbocycles. The minimum absolute atomic E-state index is 0.0916. The maximum atomic E-state index is 10.8. The van der Waals surface area contributed by atoms with Crippen molar-refractivity contribution in [3.8, 4) is 5.75 Å². The third-order valence-corrected chi connectivity index (χ3v) is 5.28. The van der Waals surface area contributed by atoms with E-state index in [1.165, 1.54) is 29.2 Å². The van der Waals surface area contributed by atoms with Crippen LogP contribution in [0.15, 0.2) is 52.9 Å². The third-order valence-electron chi connectivity index (χ3n) is 3.24. The lowest BCUT2D eigenvalue weighted by Gasteiger charge is -2.07. The lowest BCUT2D eigenvalue weighted by molar-refractivity contribution is -0.384. The Labute approximate surface area is 152 Å². The SMILES string of the molecule is COc1ccccc1Nc1nnc(SCc2cccc([N+](=O)[O-])c2)s1. The number of methoxy groups -OCH3 is 1. The van der Waals surface area contributed by atoms with E-state index < -0.39 is 4.92 Å². The summed E-state index contributed by atoms with van der Waals surface area (Å²) in [7, 11) is 1.61. The summed E-state index contributed by atoms with van der Waals surface area (Å²) in [6.45, 7) is 0. The highest BCUT2D eigenvalue weighted by Gasteiger charge is 2.10. The summed E-state index contributed by atoms with van der Waals surface area (Å²) < 4.78 is 6.08. The van der Waals surface area contributed by atoms with Crippen molar-refractivity contribution in [3.05, 3.63) is 64.2 Å². The van der Waals surface area contributed by atoms with E-state index in [1.54, 1.807) is 19.2 Å². The van der Waals surface area contributed by atoms with Gasteiger partial charge in [-0.25, -0.2) is 0 Å². The molecule has 0 saturated carbocycles. The zero-order valence-corrected chi connectivity index (χ0v) is 14.8. The van der Waals surface area contributed by atoms with Crippen molar-refractivity contribution in [1.29, 1.82) is 0 Å². The van der Waals surface area contributed by atoms with Gasteiger partial charge in [-0.1, -0.05) is 47.4 Å². The van der Waals surface area contributed by atoms with Crippen LogP contribution in [0.2, 0.25) is 0 Å². The predicted octanol–water partition coefficient (Wildman–Crippen LogP) is 4.49. The molecule has 0 aliphatic rings. The van der Waals surface area contributed by atoms with Crippen LogP contribution < -0.4 is 10.1 Å². The van der Waals surface area contributed by atoms with Gasteiger partial charge in [0.25, 0.3) is 5.69 Å². The predicted molar refractivity (Wildman–Crippen MR) is 98.8 cm³/mol. The molecular formula is C16H14N4O3S2. The number of non-ortho nitro benzene ring substituents is 1. The molecule has 3 aromatic rings. The molecule has 0 unspecified atom stereocenters. The molecule has 0 fully saturated rings. The Morgan fingerprint density at radius 3 is 2.88 bits per heavy atom. The summed E-state index contributed by atoms with van der Waals surface area (Å²) in [6, 6.07) is 14.2. The van der Waals surface area contributed by atoms with Gasteiger partial charge < -0.3 is 10.1 Å². The number of hydrogen-bond acceptors (Lipinski definition) is 8. The fraction of sp³-hybridized carbons (Fsp3) is 0.125. The van der Waals surface area contributed by atoms with E-state index in [9.17, 15) is 10.1 Å². The average molecular weight is 374 g/mol. The molecular weight excluding hydrogens is 360 g/mol. The summed E-state index contributed by atoms with van der Waals surface area (Å²) in [5.41, 5.74) is 1.78. The fourth-order valence-electron chi connectivity index (χ4n) is 2.09. The molecule has 3 rings (SSSR count). The van der Waals surface area contributed by atoms with Gasteiger partial charge in [0.05, 0.1) is 17.7 Å². The minimum Gasteiger partial charge on any atom is -0.495 e. The van der Waals surface area contributed by atoms with Gasteiger partial charge in [-0.2, -0.15) is 0 Å². The molecule has 128 valence electrons. The fourth-order valence-corrected chi connectivity index (χ4v) is 3.79. The number of nitro groups is 1. The Hall–Kier alpha value is -2.65. The zero-order chi connectivity index (χ0) is 17.6. The van der Waals surface area contributed by atoms with E-state index in [-0.39, 0.29) is 5.69 Å². The maximum absolute atomic E-state index is 10.8. The number of aromatic nitrogens is 2. The lowest BCUT2D eigenvalue weighted by Crippen LogP contribution is -1.93. The van der Waals surface area contributed by atoms with Crippen LogP contribution in [0.5, 0.6) is 5.75 Å². The third kappa shape index (κ3) is 4.46. The van der Waals surface area contributed by atoms with Gasteiger partial charge in [0, 0.05) is 17.9 Å². The van der Waals surface area contributed by atoms with Gasteiger partial charge in [-0.05, 0) is 17.7 Å². The first-order valence-electron chi connectivity index (χ1n) is 7.25. The van der Waals surface area contributed by atoms with Crippen molar-refractivity contribution >= 4 is 39.6 Å². The second-order valence-corrected chi connectivity index (χ2v) is 7.11. The lowest BCUT2D eigenvalue weighted by atomic mass is 10.2. The van der Waals surface area contributed by atoms with E-state index in [0.29, 0.717) is 10.9 Å². The monoisotopic (exact) mass is 374 g/mol. The van der Waals surface area contributed by atoms with Crippen molar-refractivity contribution in [2.75, 3.05) is 12.4 Å². The van der Waals surface area contributed by atoms with Crippen LogP contribution in [0.25, 0.3) is 0 Å². The molecule has 9 heteroatoms. The maximum Gasteiger partial charge on any atom is 0.269 e. The summed E-state index contributed by atoms with van der Waals surface area (Å²) in [5.74, 6) is 1.31. The van der Waals surface area contributed by atoms with Crippen molar-refractivity contribution in [2.45, 2.75) is 10.1 Å². The number of benzene rings is 2. The number of nitrogens with one attached hydrogen (secondary N) is 1. The first-order chi connectivity index (χ1) is 12.2. The molecule has 1 N–H and O–H groups in total. The summed E-state index contributed by atoms with van der Waals surface area (Å²) in [6.07, 6.45) is 0. The topological polar surface area (TPSA) is 90.2 Å². The van der Waals surface area contributed by atoms with Crippen LogP contribution >= 0.6 is 23.1 Å². The van der Waals surface area contributed by atoms with Crippen LogP contribution in [-0.2, 0) is 5.75 Å². The highest BCUT2D eigenvalue weighted by atomic mass is 32.2. The molecule has 0 amide bonds. The van der Waals surface area contributed by atoms with Crippen molar-refractivity contribution in [2.24, 2.45) is 0 Å². The van der Waals surface area contributed by atoms with Crippen LogP contribution in [0.1, 0.15) is 5.56 Å². The number of nitro benzene ring substituents is 1. The molecule has 0 bridgehead atoms. The number of nitrogens with zero attached hydrogens (tertiary/aromatic N) is 3. The molecule has 25 heavy (non-hydrogen) atoms. The molecule has 0 atom stereocenters. The standard InChI is InChI=1S/C16H14N4O3S2/c1-23-14-8-3-2-7-13(14)17-15-18-19-16(25-15)24-10-11-5-4-6-12(9-11)20(21)22/h2-9H,10H2,1H3,(H,17,18). The van der Waals surface area contributed by atoms with Gasteiger partial charge in [0.15, 0.2) is 4.34 Å². The Balaban J connectivity index is 1.64.